The summed E-state index contributed by atoms with van der Waals surface area (Å²) in [7, 11) is 1.58. The van der Waals surface area contributed by atoms with E-state index in [-0.39, 0.29) is 24.8 Å². The Morgan fingerprint density at radius 3 is 2.27 bits per heavy atom. The number of ether oxygens (including phenoxy) is 1. The predicted octanol–water partition coefficient (Wildman–Crippen LogP) is 3.19. The molecule has 22 heavy (non-hydrogen) atoms. The van der Waals surface area contributed by atoms with Crippen molar-refractivity contribution >= 4 is 0 Å². The molecule has 0 spiro atoms. The van der Waals surface area contributed by atoms with Gasteiger partial charge in [0.05, 0.1) is 7.11 Å². The molecule has 2 N–H and O–H groups in total. The van der Waals surface area contributed by atoms with E-state index in [2.05, 4.69) is 5.32 Å². The molecule has 0 radical (unpaired) electrons. The Hall–Kier alpha value is -1.98. The van der Waals surface area contributed by atoms with E-state index < -0.39 is 11.6 Å². The molecule has 3 nitrogen and oxygen atoms in total. The van der Waals surface area contributed by atoms with Crippen molar-refractivity contribution in [1.82, 2.24) is 5.32 Å². The smallest absolute Gasteiger partial charge is 0.130 e. The fraction of sp³-hybridized carbons (Fsp3) is 0.294. The topological polar surface area (TPSA) is 41.5 Å². The van der Waals surface area contributed by atoms with Crippen molar-refractivity contribution in [2.75, 3.05) is 13.7 Å². The lowest BCUT2D eigenvalue weighted by atomic mass is 10.0. The number of hydrogen-bond donors (Lipinski definition) is 2. The molecule has 0 fully saturated rings. The number of hydrogen-bond acceptors (Lipinski definition) is 3. The van der Waals surface area contributed by atoms with Crippen LogP contribution in [0.5, 0.6) is 5.75 Å². The van der Waals surface area contributed by atoms with Gasteiger partial charge in [0.1, 0.15) is 17.4 Å². The molecule has 5 heteroatoms. The summed E-state index contributed by atoms with van der Waals surface area (Å²) in [6.07, 6.45) is 0.447. The monoisotopic (exact) mass is 307 g/mol. The fourth-order valence-corrected chi connectivity index (χ4v) is 2.28. The highest BCUT2D eigenvalue weighted by Gasteiger charge is 2.14. The normalized spacial score (nSPS) is 12.2. The third kappa shape index (κ3) is 4.02. The summed E-state index contributed by atoms with van der Waals surface area (Å²) < 4.78 is 32.4. The molecule has 0 aromatic heterocycles. The van der Waals surface area contributed by atoms with Crippen molar-refractivity contribution in [1.29, 1.82) is 0 Å². The SMILES string of the molecule is COc1ccc(C(CCO)NCc2c(F)cccc2F)cc1. The van der Waals surface area contributed by atoms with Gasteiger partial charge in [0, 0.05) is 24.8 Å². The van der Waals surface area contributed by atoms with Crippen molar-refractivity contribution in [2.24, 2.45) is 0 Å². The molecule has 0 bridgehead atoms. The molecule has 2 aromatic carbocycles. The van der Waals surface area contributed by atoms with Gasteiger partial charge >= 0.3 is 0 Å². The maximum atomic E-state index is 13.6. The average molecular weight is 307 g/mol. The van der Waals surface area contributed by atoms with Crippen molar-refractivity contribution in [3.8, 4) is 5.75 Å². The van der Waals surface area contributed by atoms with Gasteiger partial charge in [-0.25, -0.2) is 8.78 Å². The average Bonchev–Trinajstić information content (AvgIpc) is 2.53. The van der Waals surface area contributed by atoms with Crippen LogP contribution >= 0.6 is 0 Å². The number of methoxy groups -OCH3 is 1. The van der Waals surface area contributed by atoms with Gasteiger partial charge in [0.2, 0.25) is 0 Å². The Morgan fingerprint density at radius 2 is 1.73 bits per heavy atom. The van der Waals surface area contributed by atoms with E-state index in [1.807, 2.05) is 24.3 Å². The summed E-state index contributed by atoms with van der Waals surface area (Å²) in [5, 5.41) is 12.3. The first-order valence-electron chi connectivity index (χ1n) is 7.06. The molecule has 2 rings (SSSR count). The highest BCUT2D eigenvalue weighted by Crippen LogP contribution is 2.21. The fourth-order valence-electron chi connectivity index (χ4n) is 2.28. The Bertz CT molecular complexity index is 582. The molecule has 0 saturated carbocycles. The first-order valence-corrected chi connectivity index (χ1v) is 7.06. The predicted molar refractivity (Wildman–Crippen MR) is 80.6 cm³/mol. The molecule has 2 aromatic rings. The molecule has 1 unspecified atom stereocenters. The molecular formula is C17H19F2NO2. The second kappa shape index (κ2) is 7.87. The van der Waals surface area contributed by atoms with Gasteiger partial charge in [-0.05, 0) is 36.2 Å². The highest BCUT2D eigenvalue weighted by molar-refractivity contribution is 5.29. The summed E-state index contributed by atoms with van der Waals surface area (Å²) >= 11 is 0. The van der Waals surface area contributed by atoms with Crippen LogP contribution in [0.25, 0.3) is 0 Å². The summed E-state index contributed by atoms with van der Waals surface area (Å²) in [5.74, 6) is -0.429. The van der Waals surface area contributed by atoms with E-state index in [9.17, 15) is 13.9 Å². The van der Waals surface area contributed by atoms with E-state index in [1.54, 1.807) is 7.11 Å². The third-order valence-corrected chi connectivity index (χ3v) is 3.52. The van der Waals surface area contributed by atoms with Gasteiger partial charge in [-0.3, -0.25) is 0 Å². The maximum Gasteiger partial charge on any atom is 0.130 e. The Morgan fingerprint density at radius 1 is 1.09 bits per heavy atom. The minimum atomic E-state index is -0.579. The maximum absolute atomic E-state index is 13.6. The van der Waals surface area contributed by atoms with Gasteiger partial charge < -0.3 is 15.2 Å². The summed E-state index contributed by atoms with van der Waals surface area (Å²) in [6, 6.07) is 10.9. The van der Waals surface area contributed by atoms with Crippen LogP contribution in [0.4, 0.5) is 8.78 Å². The number of aliphatic hydroxyl groups is 1. The van der Waals surface area contributed by atoms with Crippen LogP contribution < -0.4 is 10.1 Å². The van der Waals surface area contributed by atoms with Crippen molar-refractivity contribution < 1.29 is 18.6 Å². The lowest BCUT2D eigenvalue weighted by molar-refractivity contribution is 0.264. The highest BCUT2D eigenvalue weighted by atomic mass is 19.1. The number of halogens is 2. The van der Waals surface area contributed by atoms with Crippen molar-refractivity contribution in [3.05, 3.63) is 65.2 Å². The molecule has 0 aliphatic heterocycles. The van der Waals surface area contributed by atoms with Crippen LogP contribution in [0.15, 0.2) is 42.5 Å². The van der Waals surface area contributed by atoms with Crippen LogP contribution in [0.3, 0.4) is 0 Å². The van der Waals surface area contributed by atoms with Crippen LogP contribution in [-0.4, -0.2) is 18.8 Å². The third-order valence-electron chi connectivity index (χ3n) is 3.52. The zero-order valence-electron chi connectivity index (χ0n) is 12.4. The number of rotatable bonds is 7. The van der Waals surface area contributed by atoms with Gasteiger partial charge in [0.15, 0.2) is 0 Å². The molecule has 0 aliphatic carbocycles. The Labute approximate surface area is 128 Å². The molecule has 0 saturated heterocycles. The number of benzene rings is 2. The first kappa shape index (κ1) is 16.4. The van der Waals surface area contributed by atoms with Gasteiger partial charge in [0.25, 0.3) is 0 Å². The van der Waals surface area contributed by atoms with Crippen LogP contribution in [0.2, 0.25) is 0 Å². The number of nitrogens with one attached hydrogen (secondary N) is 1. The zero-order valence-corrected chi connectivity index (χ0v) is 12.4. The van der Waals surface area contributed by atoms with E-state index in [0.717, 1.165) is 11.3 Å². The summed E-state index contributed by atoms with van der Waals surface area (Å²) in [6.45, 7) is 0.0264. The molecule has 0 aliphatic rings. The van der Waals surface area contributed by atoms with E-state index in [4.69, 9.17) is 4.74 Å². The molecular weight excluding hydrogens is 288 g/mol. The number of aliphatic hydroxyl groups excluding tert-OH is 1. The molecule has 1 atom stereocenters. The quantitative estimate of drug-likeness (QED) is 0.825. The van der Waals surface area contributed by atoms with E-state index >= 15 is 0 Å². The molecule has 118 valence electrons. The first-order chi connectivity index (χ1) is 10.7. The minimum absolute atomic E-state index is 0.000971. The van der Waals surface area contributed by atoms with Crippen LogP contribution in [0.1, 0.15) is 23.6 Å². The largest absolute Gasteiger partial charge is 0.497 e. The molecule has 0 heterocycles. The van der Waals surface area contributed by atoms with Crippen LogP contribution in [0, 0.1) is 11.6 Å². The van der Waals surface area contributed by atoms with Crippen LogP contribution in [-0.2, 0) is 6.54 Å². The zero-order chi connectivity index (χ0) is 15.9. The lowest BCUT2D eigenvalue weighted by Gasteiger charge is -2.19. The second-order valence-electron chi connectivity index (χ2n) is 4.92. The Balaban J connectivity index is 2.11. The second-order valence-corrected chi connectivity index (χ2v) is 4.92. The van der Waals surface area contributed by atoms with Crippen molar-refractivity contribution in [2.45, 2.75) is 19.0 Å². The van der Waals surface area contributed by atoms with Gasteiger partial charge in [-0.2, -0.15) is 0 Å². The molecule has 0 amide bonds. The van der Waals surface area contributed by atoms with Gasteiger partial charge in [-0.15, -0.1) is 0 Å². The van der Waals surface area contributed by atoms with Gasteiger partial charge in [-0.1, -0.05) is 18.2 Å². The van der Waals surface area contributed by atoms with E-state index in [1.165, 1.54) is 18.2 Å². The lowest BCUT2D eigenvalue weighted by Crippen LogP contribution is -2.23. The van der Waals surface area contributed by atoms with E-state index in [0.29, 0.717) is 6.42 Å². The van der Waals surface area contributed by atoms with Crippen molar-refractivity contribution in [3.63, 3.8) is 0 Å². The summed E-state index contributed by atoms with van der Waals surface area (Å²) in [4.78, 5) is 0. The minimum Gasteiger partial charge on any atom is -0.497 e. The summed E-state index contributed by atoms with van der Waals surface area (Å²) in [5.41, 5.74) is 0.922. The standard InChI is InChI=1S/C17H19F2NO2/c1-22-13-7-5-12(6-8-13)17(9-10-21)20-11-14-15(18)3-2-4-16(14)19/h2-8,17,20-21H,9-11H2,1H3. The Kier molecular flexibility index (Phi) is 5.86.